The quantitative estimate of drug-likeness (QED) is 0.848. The minimum Gasteiger partial charge on any atom is -0.494 e. The van der Waals surface area contributed by atoms with Crippen molar-refractivity contribution in [2.24, 2.45) is 0 Å². The molecule has 1 aliphatic rings. The summed E-state index contributed by atoms with van der Waals surface area (Å²) in [6.07, 6.45) is 4.07. The van der Waals surface area contributed by atoms with Crippen molar-refractivity contribution in [3.05, 3.63) is 35.9 Å². The molecule has 6 heteroatoms. The molecule has 2 aromatic rings. The molecular formula is C16H21N3O2S. The number of benzene rings is 1. The second-order valence-electron chi connectivity index (χ2n) is 5.29. The molecule has 0 spiro atoms. The Balaban J connectivity index is 1.99. The number of rotatable bonds is 5. The van der Waals surface area contributed by atoms with E-state index in [0.717, 1.165) is 54.9 Å². The Labute approximate surface area is 135 Å². The average molecular weight is 319 g/mol. The van der Waals surface area contributed by atoms with E-state index in [2.05, 4.69) is 6.26 Å². The predicted molar refractivity (Wildman–Crippen MR) is 87.9 cm³/mol. The standard InChI is InChI=1S/C16H21N3O2S/c1-20-14-6-4-3-5-13(14)19-15(11-22-2)17-16(18-19)12-7-9-21-10-8-12/h3-6,12H,7-11H2,1-2H3. The summed E-state index contributed by atoms with van der Waals surface area (Å²) in [7, 11) is 1.68. The summed E-state index contributed by atoms with van der Waals surface area (Å²) in [6.45, 7) is 1.59. The maximum atomic E-state index is 5.47. The van der Waals surface area contributed by atoms with Gasteiger partial charge in [-0.2, -0.15) is 16.9 Å². The third kappa shape index (κ3) is 3.13. The van der Waals surface area contributed by atoms with Crippen LogP contribution in [0.3, 0.4) is 0 Å². The first-order chi connectivity index (χ1) is 10.8. The van der Waals surface area contributed by atoms with Crippen molar-refractivity contribution in [3.8, 4) is 11.4 Å². The lowest BCUT2D eigenvalue weighted by atomic mass is 10.00. The van der Waals surface area contributed by atoms with Gasteiger partial charge in [0, 0.05) is 19.1 Å². The molecule has 0 bridgehead atoms. The molecule has 0 N–H and O–H groups in total. The van der Waals surface area contributed by atoms with Crippen molar-refractivity contribution in [1.82, 2.24) is 14.8 Å². The predicted octanol–water partition coefficient (Wildman–Crippen LogP) is 3.03. The van der Waals surface area contributed by atoms with Crippen molar-refractivity contribution in [1.29, 1.82) is 0 Å². The number of thioether (sulfide) groups is 1. The first-order valence-electron chi connectivity index (χ1n) is 7.49. The fourth-order valence-electron chi connectivity index (χ4n) is 2.71. The van der Waals surface area contributed by atoms with E-state index in [1.807, 2.05) is 28.9 Å². The fourth-order valence-corrected chi connectivity index (χ4v) is 3.16. The van der Waals surface area contributed by atoms with E-state index >= 15 is 0 Å². The number of nitrogens with zero attached hydrogens (tertiary/aromatic N) is 3. The van der Waals surface area contributed by atoms with Crippen molar-refractivity contribution >= 4 is 11.8 Å². The van der Waals surface area contributed by atoms with Crippen LogP contribution >= 0.6 is 11.8 Å². The van der Waals surface area contributed by atoms with Crippen LogP contribution in [0.25, 0.3) is 5.69 Å². The van der Waals surface area contributed by atoms with Gasteiger partial charge in [-0.1, -0.05) is 12.1 Å². The fraction of sp³-hybridized carbons (Fsp3) is 0.500. The highest BCUT2D eigenvalue weighted by Gasteiger charge is 2.23. The first kappa shape index (κ1) is 15.4. The summed E-state index contributed by atoms with van der Waals surface area (Å²) in [5.41, 5.74) is 0.944. The molecule has 1 saturated heterocycles. The van der Waals surface area contributed by atoms with Gasteiger partial charge in [-0.15, -0.1) is 0 Å². The van der Waals surface area contributed by atoms with Crippen LogP contribution in [0.1, 0.15) is 30.4 Å². The molecule has 3 rings (SSSR count). The number of methoxy groups -OCH3 is 1. The molecule has 0 aliphatic carbocycles. The van der Waals surface area contributed by atoms with E-state index in [4.69, 9.17) is 19.6 Å². The molecule has 0 atom stereocenters. The van der Waals surface area contributed by atoms with Crippen LogP contribution in [-0.2, 0) is 10.5 Å². The van der Waals surface area contributed by atoms with Crippen LogP contribution in [0.4, 0.5) is 0 Å². The lowest BCUT2D eigenvalue weighted by Gasteiger charge is -2.18. The summed E-state index contributed by atoms with van der Waals surface area (Å²) >= 11 is 1.75. The molecule has 1 aromatic carbocycles. The SMILES string of the molecule is COc1ccccc1-n1nc(C2CCOCC2)nc1CSC. The van der Waals surface area contributed by atoms with Gasteiger partial charge in [-0.05, 0) is 31.2 Å². The molecular weight excluding hydrogens is 298 g/mol. The summed E-state index contributed by atoms with van der Waals surface area (Å²) in [5.74, 6) is 3.93. The van der Waals surface area contributed by atoms with Crippen molar-refractivity contribution < 1.29 is 9.47 Å². The highest BCUT2D eigenvalue weighted by molar-refractivity contribution is 7.97. The highest BCUT2D eigenvalue weighted by atomic mass is 32.2. The van der Waals surface area contributed by atoms with E-state index < -0.39 is 0 Å². The maximum Gasteiger partial charge on any atom is 0.154 e. The second-order valence-corrected chi connectivity index (χ2v) is 6.16. The lowest BCUT2D eigenvalue weighted by Crippen LogP contribution is -2.15. The molecule has 0 radical (unpaired) electrons. The van der Waals surface area contributed by atoms with Gasteiger partial charge in [0.1, 0.15) is 17.3 Å². The van der Waals surface area contributed by atoms with Gasteiger partial charge in [-0.25, -0.2) is 9.67 Å². The van der Waals surface area contributed by atoms with Crippen molar-refractivity contribution in [2.45, 2.75) is 24.5 Å². The zero-order valence-electron chi connectivity index (χ0n) is 13.0. The van der Waals surface area contributed by atoms with Crippen LogP contribution in [0.5, 0.6) is 5.75 Å². The van der Waals surface area contributed by atoms with Crippen LogP contribution in [-0.4, -0.2) is 41.3 Å². The highest BCUT2D eigenvalue weighted by Crippen LogP contribution is 2.28. The molecule has 1 aromatic heterocycles. The van der Waals surface area contributed by atoms with Crippen molar-refractivity contribution in [2.75, 3.05) is 26.6 Å². The van der Waals surface area contributed by atoms with Gasteiger partial charge >= 0.3 is 0 Å². The van der Waals surface area contributed by atoms with E-state index in [1.165, 1.54) is 0 Å². The summed E-state index contributed by atoms with van der Waals surface area (Å²) in [5, 5.41) is 4.79. The second kappa shape index (κ2) is 7.15. The van der Waals surface area contributed by atoms with E-state index in [-0.39, 0.29) is 0 Å². The van der Waals surface area contributed by atoms with Crippen LogP contribution in [0.2, 0.25) is 0 Å². The molecule has 1 aliphatic heterocycles. The van der Waals surface area contributed by atoms with Crippen LogP contribution in [0.15, 0.2) is 24.3 Å². The number of hydrogen-bond donors (Lipinski definition) is 0. The van der Waals surface area contributed by atoms with Gasteiger partial charge < -0.3 is 9.47 Å². The molecule has 1 fully saturated rings. The molecule has 0 amide bonds. The van der Waals surface area contributed by atoms with E-state index in [1.54, 1.807) is 18.9 Å². The zero-order valence-corrected chi connectivity index (χ0v) is 13.8. The Morgan fingerprint density at radius 1 is 1.32 bits per heavy atom. The molecule has 22 heavy (non-hydrogen) atoms. The number of aromatic nitrogens is 3. The Kier molecular flexibility index (Phi) is 5.00. The monoisotopic (exact) mass is 319 g/mol. The van der Waals surface area contributed by atoms with Gasteiger partial charge in [0.25, 0.3) is 0 Å². The Morgan fingerprint density at radius 2 is 2.09 bits per heavy atom. The van der Waals surface area contributed by atoms with Crippen molar-refractivity contribution in [3.63, 3.8) is 0 Å². The lowest BCUT2D eigenvalue weighted by molar-refractivity contribution is 0.0836. The number of hydrogen-bond acceptors (Lipinski definition) is 5. The average Bonchev–Trinajstić information content (AvgIpc) is 3.00. The Morgan fingerprint density at radius 3 is 2.82 bits per heavy atom. The van der Waals surface area contributed by atoms with Gasteiger partial charge in [-0.3, -0.25) is 0 Å². The van der Waals surface area contributed by atoms with Crippen LogP contribution < -0.4 is 4.74 Å². The molecule has 0 saturated carbocycles. The van der Waals surface area contributed by atoms with Gasteiger partial charge in [0.2, 0.25) is 0 Å². The smallest absolute Gasteiger partial charge is 0.154 e. The topological polar surface area (TPSA) is 49.2 Å². The molecule has 0 unspecified atom stereocenters. The number of para-hydroxylation sites is 2. The van der Waals surface area contributed by atoms with E-state index in [9.17, 15) is 0 Å². The van der Waals surface area contributed by atoms with Gasteiger partial charge in [0.05, 0.1) is 12.9 Å². The summed E-state index contributed by atoms with van der Waals surface area (Å²) < 4.78 is 12.8. The third-order valence-corrected chi connectivity index (χ3v) is 4.41. The zero-order chi connectivity index (χ0) is 15.4. The Hall–Kier alpha value is -1.53. The molecule has 2 heterocycles. The normalized spacial score (nSPS) is 15.9. The van der Waals surface area contributed by atoms with Gasteiger partial charge in [0.15, 0.2) is 5.82 Å². The molecule has 5 nitrogen and oxygen atoms in total. The minimum absolute atomic E-state index is 0.394. The third-order valence-electron chi connectivity index (χ3n) is 3.86. The Bertz CT molecular complexity index is 624. The first-order valence-corrected chi connectivity index (χ1v) is 8.88. The maximum absolute atomic E-state index is 5.47. The molecule has 118 valence electrons. The largest absolute Gasteiger partial charge is 0.494 e. The number of ether oxygens (including phenoxy) is 2. The summed E-state index contributed by atoms with van der Waals surface area (Å²) in [4.78, 5) is 4.80. The van der Waals surface area contributed by atoms with Crippen LogP contribution in [0, 0.1) is 0 Å². The minimum atomic E-state index is 0.394. The summed E-state index contributed by atoms with van der Waals surface area (Å²) in [6, 6.07) is 7.93. The van der Waals surface area contributed by atoms with E-state index in [0.29, 0.717) is 5.92 Å².